The van der Waals surface area contributed by atoms with E-state index >= 15 is 0 Å². The number of nitrogens with one attached hydrogen (secondary N) is 1. The maximum absolute atomic E-state index is 6.26. The normalized spacial score (nSPS) is 15.9. The van der Waals surface area contributed by atoms with Gasteiger partial charge in [-0.15, -0.1) is 11.3 Å². The van der Waals surface area contributed by atoms with Crippen LogP contribution in [-0.4, -0.2) is 7.05 Å². The molecule has 0 spiro atoms. The lowest BCUT2D eigenvalue weighted by Crippen LogP contribution is -2.04. The maximum Gasteiger partial charge on any atom is 0.0584 e. The first-order valence-corrected chi connectivity index (χ1v) is 6.85. The first kappa shape index (κ1) is 10.6. The third kappa shape index (κ3) is 1.65. The van der Waals surface area contributed by atoms with Crippen LogP contribution in [0.5, 0.6) is 0 Å². The standard InChI is InChI=1S/C13H14ClNS/c1-15-7-11-12(8-5-6-8)9-3-2-4-10(14)13(9)16-11/h2-4,8,15H,5-7H2,1H3. The summed E-state index contributed by atoms with van der Waals surface area (Å²) in [5, 5.41) is 5.53. The highest BCUT2D eigenvalue weighted by Gasteiger charge is 2.29. The molecule has 0 bridgehead atoms. The van der Waals surface area contributed by atoms with Crippen molar-refractivity contribution in [3.05, 3.63) is 33.7 Å². The number of rotatable bonds is 3. The van der Waals surface area contributed by atoms with Gasteiger partial charge in [-0.05, 0) is 42.8 Å². The van der Waals surface area contributed by atoms with Crippen molar-refractivity contribution in [3.8, 4) is 0 Å². The third-order valence-electron chi connectivity index (χ3n) is 3.11. The van der Waals surface area contributed by atoms with Crippen LogP contribution in [0.2, 0.25) is 5.02 Å². The molecule has 3 heteroatoms. The van der Waals surface area contributed by atoms with Crippen molar-refractivity contribution in [1.29, 1.82) is 0 Å². The summed E-state index contributed by atoms with van der Waals surface area (Å²) in [4.78, 5) is 1.47. The molecule has 0 amide bonds. The molecule has 1 aliphatic rings. The Morgan fingerprint density at radius 3 is 2.94 bits per heavy atom. The Balaban J connectivity index is 2.24. The molecule has 1 N–H and O–H groups in total. The molecule has 1 saturated carbocycles. The van der Waals surface area contributed by atoms with Crippen LogP contribution in [0.15, 0.2) is 18.2 Å². The van der Waals surface area contributed by atoms with Crippen LogP contribution in [0.3, 0.4) is 0 Å². The van der Waals surface area contributed by atoms with E-state index in [-0.39, 0.29) is 0 Å². The Morgan fingerprint density at radius 2 is 2.25 bits per heavy atom. The first-order chi connectivity index (χ1) is 7.81. The van der Waals surface area contributed by atoms with E-state index in [2.05, 4.69) is 17.4 Å². The summed E-state index contributed by atoms with van der Waals surface area (Å²) in [6, 6.07) is 6.26. The first-order valence-electron chi connectivity index (χ1n) is 5.65. The number of benzene rings is 1. The fourth-order valence-electron chi connectivity index (χ4n) is 2.26. The Morgan fingerprint density at radius 1 is 1.44 bits per heavy atom. The van der Waals surface area contributed by atoms with Gasteiger partial charge in [0.05, 0.1) is 9.72 Å². The summed E-state index contributed by atoms with van der Waals surface area (Å²) in [5.74, 6) is 0.788. The Hall–Kier alpha value is -0.570. The van der Waals surface area contributed by atoms with Gasteiger partial charge < -0.3 is 5.32 Å². The zero-order chi connectivity index (χ0) is 11.1. The van der Waals surface area contributed by atoms with Gasteiger partial charge in [-0.3, -0.25) is 0 Å². The molecule has 1 nitrogen and oxygen atoms in total. The zero-order valence-corrected chi connectivity index (χ0v) is 10.8. The van der Waals surface area contributed by atoms with Crippen LogP contribution in [0, 0.1) is 0 Å². The second-order valence-corrected chi connectivity index (χ2v) is 5.87. The van der Waals surface area contributed by atoms with E-state index in [4.69, 9.17) is 11.6 Å². The summed E-state index contributed by atoms with van der Waals surface area (Å²) < 4.78 is 1.26. The van der Waals surface area contributed by atoms with Gasteiger partial charge in [-0.25, -0.2) is 0 Å². The fourth-order valence-corrected chi connectivity index (χ4v) is 3.86. The van der Waals surface area contributed by atoms with E-state index in [1.807, 2.05) is 24.5 Å². The van der Waals surface area contributed by atoms with E-state index in [1.54, 1.807) is 5.56 Å². The Labute approximate surface area is 104 Å². The molecule has 1 aromatic carbocycles. The molecule has 1 heterocycles. The van der Waals surface area contributed by atoms with Gasteiger partial charge in [-0.1, -0.05) is 23.7 Å². The van der Waals surface area contributed by atoms with Crippen LogP contribution in [0.4, 0.5) is 0 Å². The Kier molecular flexibility index (Phi) is 2.66. The van der Waals surface area contributed by atoms with E-state index in [0.29, 0.717) is 0 Å². The van der Waals surface area contributed by atoms with Crippen LogP contribution in [0.25, 0.3) is 10.1 Å². The summed E-state index contributed by atoms with van der Waals surface area (Å²) in [6.45, 7) is 0.960. The minimum atomic E-state index is 0.788. The summed E-state index contributed by atoms with van der Waals surface area (Å²) >= 11 is 8.11. The predicted molar refractivity (Wildman–Crippen MR) is 71.6 cm³/mol. The van der Waals surface area contributed by atoms with Crippen LogP contribution in [-0.2, 0) is 6.54 Å². The highest BCUT2D eigenvalue weighted by atomic mass is 35.5. The van der Waals surface area contributed by atoms with Crippen molar-refractivity contribution in [2.24, 2.45) is 0 Å². The molecule has 0 saturated heterocycles. The molecule has 3 rings (SSSR count). The minimum Gasteiger partial charge on any atom is -0.315 e. The van der Waals surface area contributed by atoms with Gasteiger partial charge in [0.15, 0.2) is 0 Å². The fraction of sp³-hybridized carbons (Fsp3) is 0.385. The molecule has 0 unspecified atom stereocenters. The van der Waals surface area contributed by atoms with E-state index in [0.717, 1.165) is 17.5 Å². The lowest BCUT2D eigenvalue weighted by Gasteiger charge is -2.01. The SMILES string of the molecule is CNCc1sc2c(Cl)cccc2c1C1CC1. The van der Waals surface area contributed by atoms with Gasteiger partial charge in [0.2, 0.25) is 0 Å². The number of halogens is 1. The molecule has 1 aliphatic carbocycles. The van der Waals surface area contributed by atoms with Crippen molar-refractivity contribution >= 4 is 33.0 Å². The number of hydrogen-bond acceptors (Lipinski definition) is 2. The van der Waals surface area contributed by atoms with Crippen molar-refractivity contribution in [2.45, 2.75) is 25.3 Å². The molecule has 2 aromatic rings. The zero-order valence-electron chi connectivity index (χ0n) is 9.22. The van der Waals surface area contributed by atoms with Crippen LogP contribution in [0.1, 0.15) is 29.2 Å². The number of fused-ring (bicyclic) bond motifs is 1. The molecule has 0 atom stereocenters. The van der Waals surface area contributed by atoms with Crippen molar-refractivity contribution in [2.75, 3.05) is 7.05 Å². The lowest BCUT2D eigenvalue weighted by atomic mass is 10.1. The van der Waals surface area contributed by atoms with E-state index in [9.17, 15) is 0 Å². The monoisotopic (exact) mass is 251 g/mol. The van der Waals surface area contributed by atoms with Gasteiger partial charge >= 0.3 is 0 Å². The molecule has 16 heavy (non-hydrogen) atoms. The summed E-state index contributed by atoms with van der Waals surface area (Å²) in [7, 11) is 2.00. The van der Waals surface area contributed by atoms with Crippen molar-refractivity contribution < 1.29 is 0 Å². The van der Waals surface area contributed by atoms with E-state index in [1.165, 1.54) is 27.8 Å². The minimum absolute atomic E-state index is 0.788. The van der Waals surface area contributed by atoms with Crippen LogP contribution >= 0.6 is 22.9 Å². The van der Waals surface area contributed by atoms with Crippen LogP contribution < -0.4 is 5.32 Å². The third-order valence-corrected chi connectivity index (χ3v) is 4.79. The highest BCUT2D eigenvalue weighted by molar-refractivity contribution is 7.20. The second kappa shape index (κ2) is 4.02. The highest BCUT2D eigenvalue weighted by Crippen LogP contribution is 2.49. The van der Waals surface area contributed by atoms with Gasteiger partial charge in [0.25, 0.3) is 0 Å². The molecule has 1 aromatic heterocycles. The maximum atomic E-state index is 6.26. The Bertz CT molecular complexity index is 528. The molecule has 0 aliphatic heterocycles. The molecular formula is C13H14ClNS. The lowest BCUT2D eigenvalue weighted by molar-refractivity contribution is 0.821. The number of hydrogen-bond donors (Lipinski definition) is 1. The van der Waals surface area contributed by atoms with Gasteiger partial charge in [0.1, 0.15) is 0 Å². The summed E-state index contributed by atoms with van der Waals surface area (Å²) in [5.41, 5.74) is 1.55. The quantitative estimate of drug-likeness (QED) is 0.864. The van der Waals surface area contributed by atoms with Gasteiger partial charge in [0, 0.05) is 11.4 Å². The second-order valence-electron chi connectivity index (χ2n) is 4.36. The molecule has 1 fully saturated rings. The largest absolute Gasteiger partial charge is 0.315 e. The smallest absolute Gasteiger partial charge is 0.0584 e. The van der Waals surface area contributed by atoms with Gasteiger partial charge in [-0.2, -0.15) is 0 Å². The predicted octanol–water partition coefficient (Wildman–Crippen LogP) is 4.15. The van der Waals surface area contributed by atoms with E-state index < -0.39 is 0 Å². The number of thiophene rings is 1. The average molecular weight is 252 g/mol. The average Bonchev–Trinajstić information content (AvgIpc) is 3.02. The van der Waals surface area contributed by atoms with Crippen molar-refractivity contribution in [3.63, 3.8) is 0 Å². The topological polar surface area (TPSA) is 12.0 Å². The van der Waals surface area contributed by atoms with Crippen molar-refractivity contribution in [1.82, 2.24) is 5.32 Å². The molecule has 0 radical (unpaired) electrons. The summed E-state index contributed by atoms with van der Waals surface area (Å²) in [6.07, 6.45) is 2.68. The molecular weight excluding hydrogens is 238 g/mol. The molecule has 84 valence electrons.